The van der Waals surface area contributed by atoms with Gasteiger partial charge in [0, 0.05) is 17.4 Å². The Kier molecular flexibility index (Phi) is 7.22. The first-order chi connectivity index (χ1) is 9.90. The van der Waals surface area contributed by atoms with Crippen LogP contribution in [0.5, 0.6) is 5.75 Å². The molecule has 0 aliphatic heterocycles. The van der Waals surface area contributed by atoms with Crippen LogP contribution in [0.1, 0.15) is 38.2 Å². The molecule has 2 N–H and O–H groups in total. The summed E-state index contributed by atoms with van der Waals surface area (Å²) >= 11 is 3.42. The maximum absolute atomic E-state index is 11.6. The topological polar surface area (TPSA) is 75.6 Å². The van der Waals surface area contributed by atoms with Crippen molar-refractivity contribution < 1.29 is 19.4 Å². The number of halogens is 1. The number of carbonyl (C=O) groups excluding carboxylic acids is 1. The zero-order valence-corrected chi connectivity index (χ0v) is 13.8. The molecule has 0 unspecified atom stereocenters. The minimum atomic E-state index is -0.864. The van der Waals surface area contributed by atoms with Gasteiger partial charge in [-0.2, -0.15) is 0 Å². The fraction of sp³-hybridized carbons (Fsp3) is 0.467. The zero-order chi connectivity index (χ0) is 15.8. The first-order valence-corrected chi connectivity index (χ1v) is 7.60. The Bertz CT molecular complexity index is 502. The monoisotopic (exact) mass is 357 g/mol. The highest BCUT2D eigenvalue weighted by molar-refractivity contribution is 9.10. The summed E-state index contributed by atoms with van der Waals surface area (Å²) in [5.74, 6) is -0.139. The Balaban J connectivity index is 2.44. The van der Waals surface area contributed by atoms with Gasteiger partial charge in [-0.1, -0.05) is 29.8 Å². The Morgan fingerprint density at radius 2 is 2.10 bits per heavy atom. The van der Waals surface area contributed by atoms with E-state index in [1.807, 2.05) is 18.2 Å². The van der Waals surface area contributed by atoms with E-state index < -0.39 is 5.97 Å². The van der Waals surface area contributed by atoms with Gasteiger partial charge in [0.05, 0.1) is 0 Å². The van der Waals surface area contributed by atoms with Crippen molar-refractivity contribution in [1.29, 1.82) is 0 Å². The first kappa shape index (κ1) is 17.5. The van der Waals surface area contributed by atoms with E-state index in [-0.39, 0.29) is 24.9 Å². The standard InChI is InChI=1S/C15H20BrNO4/c1-10(2)12-8-11(16)5-6-13(12)21-9-14(18)17-7-3-4-15(19)20/h5-6,8,10H,3-4,7,9H2,1-2H3,(H,17,18)(H,19,20). The van der Waals surface area contributed by atoms with Crippen LogP contribution < -0.4 is 10.1 Å². The molecule has 0 aromatic heterocycles. The molecule has 1 aromatic rings. The molecule has 116 valence electrons. The largest absolute Gasteiger partial charge is 0.483 e. The maximum Gasteiger partial charge on any atom is 0.303 e. The molecule has 1 aromatic carbocycles. The molecule has 0 heterocycles. The van der Waals surface area contributed by atoms with Gasteiger partial charge in [-0.15, -0.1) is 0 Å². The lowest BCUT2D eigenvalue weighted by Gasteiger charge is -2.14. The highest BCUT2D eigenvalue weighted by atomic mass is 79.9. The third-order valence-electron chi connectivity index (χ3n) is 2.84. The van der Waals surface area contributed by atoms with Crippen molar-refractivity contribution in [1.82, 2.24) is 5.32 Å². The van der Waals surface area contributed by atoms with Crippen molar-refractivity contribution in [2.75, 3.05) is 13.2 Å². The van der Waals surface area contributed by atoms with Crippen LogP contribution in [0.25, 0.3) is 0 Å². The second-order valence-corrected chi connectivity index (χ2v) is 5.89. The number of carboxylic acid groups (broad SMARTS) is 1. The van der Waals surface area contributed by atoms with Gasteiger partial charge >= 0.3 is 5.97 Å². The molecule has 6 heteroatoms. The number of aliphatic carboxylic acids is 1. The number of nitrogens with one attached hydrogen (secondary N) is 1. The predicted molar refractivity (Wildman–Crippen MR) is 83.6 cm³/mol. The third kappa shape index (κ3) is 6.62. The maximum atomic E-state index is 11.6. The number of hydrogen-bond donors (Lipinski definition) is 2. The van der Waals surface area contributed by atoms with Crippen LogP contribution in [-0.2, 0) is 9.59 Å². The van der Waals surface area contributed by atoms with Gasteiger partial charge in [0.15, 0.2) is 6.61 Å². The van der Waals surface area contributed by atoms with Crippen LogP contribution in [0.4, 0.5) is 0 Å². The van der Waals surface area contributed by atoms with Gasteiger partial charge < -0.3 is 15.2 Å². The second kappa shape index (κ2) is 8.67. The smallest absolute Gasteiger partial charge is 0.303 e. The lowest BCUT2D eigenvalue weighted by molar-refractivity contribution is -0.137. The Morgan fingerprint density at radius 1 is 1.38 bits per heavy atom. The molecule has 0 bridgehead atoms. The van der Waals surface area contributed by atoms with Crippen LogP contribution in [0, 0.1) is 0 Å². The lowest BCUT2D eigenvalue weighted by atomic mass is 10.0. The van der Waals surface area contributed by atoms with Crippen molar-refractivity contribution in [3.8, 4) is 5.75 Å². The van der Waals surface area contributed by atoms with E-state index in [1.165, 1.54) is 0 Å². The van der Waals surface area contributed by atoms with Gasteiger partial charge in [0.1, 0.15) is 5.75 Å². The second-order valence-electron chi connectivity index (χ2n) is 4.97. The molecule has 1 rings (SSSR count). The number of amides is 1. The van der Waals surface area contributed by atoms with E-state index in [0.29, 0.717) is 18.7 Å². The van der Waals surface area contributed by atoms with E-state index in [2.05, 4.69) is 35.1 Å². The van der Waals surface area contributed by atoms with E-state index in [9.17, 15) is 9.59 Å². The van der Waals surface area contributed by atoms with Gasteiger partial charge in [0.2, 0.25) is 0 Å². The summed E-state index contributed by atoms with van der Waals surface area (Å²) in [7, 11) is 0. The number of carboxylic acids is 1. The summed E-state index contributed by atoms with van der Waals surface area (Å²) < 4.78 is 6.51. The minimum Gasteiger partial charge on any atom is -0.483 e. The van der Waals surface area contributed by atoms with Crippen LogP contribution in [0.15, 0.2) is 22.7 Å². The minimum absolute atomic E-state index is 0.0470. The number of benzene rings is 1. The van der Waals surface area contributed by atoms with E-state index in [1.54, 1.807) is 0 Å². The average Bonchev–Trinajstić information content (AvgIpc) is 2.41. The highest BCUT2D eigenvalue weighted by Gasteiger charge is 2.10. The number of rotatable bonds is 8. The fourth-order valence-electron chi connectivity index (χ4n) is 1.76. The van der Waals surface area contributed by atoms with Crippen molar-refractivity contribution in [2.45, 2.75) is 32.6 Å². The summed E-state index contributed by atoms with van der Waals surface area (Å²) in [6.07, 6.45) is 0.460. The summed E-state index contributed by atoms with van der Waals surface area (Å²) in [6, 6.07) is 5.67. The molecule has 0 saturated heterocycles. The summed E-state index contributed by atoms with van der Waals surface area (Å²) in [5, 5.41) is 11.1. The van der Waals surface area contributed by atoms with Gasteiger partial charge in [-0.05, 0) is 36.1 Å². The van der Waals surface area contributed by atoms with Crippen LogP contribution in [0.2, 0.25) is 0 Å². The average molecular weight is 358 g/mol. The first-order valence-electron chi connectivity index (χ1n) is 6.81. The number of carbonyl (C=O) groups is 2. The SMILES string of the molecule is CC(C)c1cc(Br)ccc1OCC(=O)NCCCC(=O)O. The fourth-order valence-corrected chi connectivity index (χ4v) is 2.14. The van der Waals surface area contributed by atoms with Gasteiger partial charge in [-0.3, -0.25) is 9.59 Å². The molecular weight excluding hydrogens is 338 g/mol. The van der Waals surface area contributed by atoms with Crippen molar-refractivity contribution in [2.24, 2.45) is 0 Å². The number of ether oxygens (including phenoxy) is 1. The lowest BCUT2D eigenvalue weighted by Crippen LogP contribution is -2.30. The molecule has 0 atom stereocenters. The van der Waals surface area contributed by atoms with Crippen LogP contribution in [0.3, 0.4) is 0 Å². The van der Waals surface area contributed by atoms with Crippen molar-refractivity contribution in [3.05, 3.63) is 28.2 Å². The molecule has 5 nitrogen and oxygen atoms in total. The quantitative estimate of drug-likeness (QED) is 0.701. The van der Waals surface area contributed by atoms with Crippen LogP contribution in [-0.4, -0.2) is 30.1 Å². The summed E-state index contributed by atoms with van der Waals surface area (Å²) in [6.45, 7) is 4.38. The molecule has 0 aliphatic rings. The van der Waals surface area contributed by atoms with E-state index in [0.717, 1.165) is 10.0 Å². The molecular formula is C15H20BrNO4. The third-order valence-corrected chi connectivity index (χ3v) is 3.34. The molecule has 0 radical (unpaired) electrons. The summed E-state index contributed by atoms with van der Waals surface area (Å²) in [5.41, 5.74) is 1.03. The van der Waals surface area contributed by atoms with Crippen LogP contribution >= 0.6 is 15.9 Å². The highest BCUT2D eigenvalue weighted by Crippen LogP contribution is 2.29. The molecule has 21 heavy (non-hydrogen) atoms. The molecule has 0 fully saturated rings. The molecule has 0 aliphatic carbocycles. The van der Waals surface area contributed by atoms with Gasteiger partial charge in [-0.25, -0.2) is 0 Å². The van der Waals surface area contributed by atoms with E-state index >= 15 is 0 Å². The number of hydrogen-bond acceptors (Lipinski definition) is 3. The Hall–Kier alpha value is -1.56. The van der Waals surface area contributed by atoms with E-state index in [4.69, 9.17) is 9.84 Å². The molecule has 0 spiro atoms. The van der Waals surface area contributed by atoms with Crippen molar-refractivity contribution in [3.63, 3.8) is 0 Å². The Labute approximate surface area is 132 Å². The predicted octanol–water partition coefficient (Wildman–Crippen LogP) is 2.93. The zero-order valence-electron chi connectivity index (χ0n) is 12.2. The Morgan fingerprint density at radius 3 is 2.71 bits per heavy atom. The van der Waals surface area contributed by atoms with Gasteiger partial charge in [0.25, 0.3) is 5.91 Å². The normalized spacial score (nSPS) is 10.5. The van der Waals surface area contributed by atoms with Crippen molar-refractivity contribution >= 4 is 27.8 Å². The summed E-state index contributed by atoms with van der Waals surface area (Å²) in [4.78, 5) is 22.0. The molecule has 1 amide bonds. The molecule has 0 saturated carbocycles.